The number of carbonyl (C=O) groups excluding carboxylic acids is 1. The molecule has 25 nitrogen and oxygen atoms in total. The highest BCUT2D eigenvalue weighted by Crippen LogP contribution is 2.27. The van der Waals surface area contributed by atoms with E-state index in [-0.39, 0.29) is 24.5 Å². The molecule has 2 rings (SSSR count). The summed E-state index contributed by atoms with van der Waals surface area (Å²) in [5.41, 5.74) is 0.0767. The monoisotopic (exact) mass is 568 g/mol. The Morgan fingerprint density at radius 1 is 0.659 bits per heavy atom. The number of phenols is 1. The summed E-state index contributed by atoms with van der Waals surface area (Å²) in [5.74, 6) is -0.557. The Balaban J connectivity index is 1.63. The van der Waals surface area contributed by atoms with E-state index in [9.17, 15) is 9.90 Å². The molecular weight excluding hydrogens is 552 g/mol. The van der Waals surface area contributed by atoms with E-state index in [4.69, 9.17) is 14.3 Å². The van der Waals surface area contributed by atoms with E-state index in [0.717, 1.165) is 6.07 Å². The van der Waals surface area contributed by atoms with Crippen LogP contribution in [0.3, 0.4) is 0 Å². The van der Waals surface area contributed by atoms with Gasteiger partial charge in [-0.1, -0.05) is 18.2 Å². The summed E-state index contributed by atoms with van der Waals surface area (Å²) in [6.07, 6.45) is 0. The molecule has 0 radical (unpaired) electrons. The van der Waals surface area contributed by atoms with Gasteiger partial charge < -0.3 is 19.4 Å². The lowest BCUT2D eigenvalue weighted by atomic mass is 10.2. The number of benzene rings is 2. The van der Waals surface area contributed by atoms with Crippen molar-refractivity contribution in [2.75, 3.05) is 20.3 Å². The Bertz CT molecular complexity index is 1370. The van der Waals surface area contributed by atoms with Gasteiger partial charge in [-0.25, -0.2) is 4.79 Å². The number of nitrogens with zero attached hydrogens (tertiary/aromatic N) is 20. The SMILES string of the molecule is CN=NN=NN=NN=NN=NN=NN=NN=NN=NN=NOc1ccc(C(=O)OCCOc2ccccc2)cc1O. The summed E-state index contributed by atoms with van der Waals surface area (Å²) in [6.45, 7) is 0.167. The smallest absolute Gasteiger partial charge is 0.338 e. The number of rotatable bonds is 16. The van der Waals surface area contributed by atoms with Crippen LogP contribution in [0.15, 0.2) is 153 Å². The molecule has 41 heavy (non-hydrogen) atoms. The fourth-order valence-electron chi connectivity index (χ4n) is 2.02. The first kappa shape index (κ1) is 30.5. The zero-order valence-electron chi connectivity index (χ0n) is 20.6. The highest BCUT2D eigenvalue weighted by molar-refractivity contribution is 5.90. The fourth-order valence-corrected chi connectivity index (χ4v) is 2.02. The van der Waals surface area contributed by atoms with Gasteiger partial charge in [-0.15, -0.1) is 0 Å². The summed E-state index contributed by atoms with van der Waals surface area (Å²) in [4.78, 5) is 16.9. The number of hydrogen-bond donors (Lipinski definition) is 1. The third-order valence-corrected chi connectivity index (χ3v) is 3.47. The number of aromatic hydroxyl groups is 1. The zero-order valence-corrected chi connectivity index (χ0v) is 20.6. The van der Waals surface area contributed by atoms with Gasteiger partial charge in [-0.3, -0.25) is 0 Å². The summed E-state index contributed by atoms with van der Waals surface area (Å²) < 4.78 is 10.5. The van der Waals surface area contributed by atoms with Crippen molar-refractivity contribution in [1.82, 2.24) is 0 Å². The second-order valence-corrected chi connectivity index (χ2v) is 5.96. The van der Waals surface area contributed by atoms with Crippen molar-refractivity contribution < 1.29 is 24.2 Å². The van der Waals surface area contributed by atoms with E-state index in [1.165, 1.54) is 19.2 Å². The van der Waals surface area contributed by atoms with Crippen LogP contribution in [0.2, 0.25) is 0 Å². The van der Waals surface area contributed by atoms with Crippen molar-refractivity contribution in [3.05, 3.63) is 54.1 Å². The van der Waals surface area contributed by atoms with E-state index in [2.05, 4.69) is 104 Å². The van der Waals surface area contributed by atoms with Crippen LogP contribution >= 0.6 is 0 Å². The van der Waals surface area contributed by atoms with Crippen LogP contribution in [-0.2, 0) is 4.74 Å². The first-order chi connectivity index (χ1) is 20.2. The topological polar surface area (TPSA) is 312 Å². The van der Waals surface area contributed by atoms with Crippen molar-refractivity contribution in [3.8, 4) is 17.2 Å². The Morgan fingerprint density at radius 2 is 1.17 bits per heavy atom. The number of ether oxygens (including phenoxy) is 2. The maximum Gasteiger partial charge on any atom is 0.338 e. The van der Waals surface area contributed by atoms with Gasteiger partial charge >= 0.3 is 5.97 Å². The molecule has 2 aromatic carbocycles. The normalized spacial score (nSPS) is 12.9. The van der Waals surface area contributed by atoms with Gasteiger partial charge in [0.2, 0.25) is 5.75 Å². The molecule has 0 aliphatic heterocycles. The predicted molar refractivity (Wildman–Crippen MR) is 125 cm³/mol. The lowest BCUT2D eigenvalue weighted by Crippen LogP contribution is -2.12. The minimum absolute atomic E-state index is 0.00745. The molecule has 0 aliphatic rings. The van der Waals surface area contributed by atoms with Crippen molar-refractivity contribution >= 4 is 5.97 Å². The maximum atomic E-state index is 12.1. The zero-order chi connectivity index (χ0) is 29.2. The molecule has 0 heterocycles. The van der Waals surface area contributed by atoms with Crippen LogP contribution in [-0.4, -0.2) is 31.3 Å². The van der Waals surface area contributed by atoms with Crippen molar-refractivity contribution in [2.24, 2.45) is 104 Å². The highest BCUT2D eigenvalue weighted by atomic mass is 16.6. The molecule has 0 aliphatic carbocycles. The van der Waals surface area contributed by atoms with E-state index in [1.54, 1.807) is 12.1 Å². The molecule has 0 amide bonds. The van der Waals surface area contributed by atoms with Gasteiger partial charge in [0.1, 0.15) is 19.0 Å². The second kappa shape index (κ2) is 20.4. The lowest BCUT2D eigenvalue weighted by Gasteiger charge is -2.08. The van der Waals surface area contributed by atoms with E-state index in [1.807, 2.05) is 18.2 Å². The van der Waals surface area contributed by atoms with Crippen LogP contribution in [0.5, 0.6) is 17.2 Å². The molecule has 0 spiro atoms. The van der Waals surface area contributed by atoms with Crippen LogP contribution in [0, 0.1) is 0 Å². The number of phenolic OH excluding ortho intramolecular Hbond substituents is 1. The Hall–Kier alpha value is -6.69. The molecule has 0 saturated carbocycles. The van der Waals surface area contributed by atoms with Crippen molar-refractivity contribution in [2.45, 2.75) is 0 Å². The van der Waals surface area contributed by atoms with Crippen LogP contribution in [0.25, 0.3) is 0 Å². The van der Waals surface area contributed by atoms with Crippen LogP contribution in [0.1, 0.15) is 10.4 Å². The quantitative estimate of drug-likeness (QED) is 0.105. The standard InChI is InChI=1S/C16H16N20O5/c1-17-18-19-20-21-22-23-24-25-26-27-28-29-30-31-32-33-34-35-36-41-15-8-7-12(11-14(15)37)16(38)40-10-9-39-13-5-3-2-4-6-13/h2-8,11,37H,9-10H2,1H3. The van der Waals surface area contributed by atoms with Gasteiger partial charge in [0, 0.05) is 52.2 Å². The molecule has 0 atom stereocenters. The molecule has 0 unspecified atom stereocenters. The third kappa shape index (κ3) is 14.6. The fraction of sp³-hybridized carbons (Fsp3) is 0.188. The first-order valence-electron chi connectivity index (χ1n) is 10.4. The van der Waals surface area contributed by atoms with Gasteiger partial charge in [0.25, 0.3) is 0 Å². The van der Waals surface area contributed by atoms with Gasteiger partial charge in [0.15, 0.2) is 5.75 Å². The number of para-hydroxylation sites is 1. The van der Waals surface area contributed by atoms with Crippen LogP contribution in [0.4, 0.5) is 0 Å². The summed E-state index contributed by atoms with van der Waals surface area (Å²) in [7, 11) is 1.39. The Kier molecular flexibility index (Phi) is 15.2. The van der Waals surface area contributed by atoms with Crippen molar-refractivity contribution in [1.29, 1.82) is 0 Å². The minimum atomic E-state index is -0.672. The molecule has 2 aromatic rings. The molecule has 0 saturated heterocycles. The number of carbonyl (C=O) groups is 1. The summed E-state index contributed by atoms with van der Waals surface area (Å²) in [6, 6.07) is 12.8. The second-order valence-electron chi connectivity index (χ2n) is 5.96. The van der Waals surface area contributed by atoms with Crippen molar-refractivity contribution in [3.63, 3.8) is 0 Å². The average Bonchev–Trinajstić information content (AvgIpc) is 2.99. The molecular formula is C16H16N20O5. The number of hydrogen-bond acceptors (Lipinski definition) is 7. The van der Waals surface area contributed by atoms with Gasteiger partial charge in [-0.05, 0) is 72.1 Å². The molecule has 0 fully saturated rings. The van der Waals surface area contributed by atoms with Gasteiger partial charge in [-0.2, -0.15) is 5.11 Å². The van der Waals surface area contributed by atoms with Gasteiger partial charge in [0.05, 0.1) is 17.9 Å². The Morgan fingerprint density at radius 3 is 1.68 bits per heavy atom. The predicted octanol–water partition coefficient (Wildman–Crippen LogP) is 6.31. The lowest BCUT2D eigenvalue weighted by molar-refractivity contribution is 0.0450. The molecule has 1 N–H and O–H groups in total. The number of esters is 1. The Labute approximate surface area is 226 Å². The summed E-state index contributed by atoms with van der Waals surface area (Å²) >= 11 is 0. The van der Waals surface area contributed by atoms with E-state index < -0.39 is 11.7 Å². The average molecular weight is 568 g/mol. The van der Waals surface area contributed by atoms with E-state index >= 15 is 0 Å². The maximum absolute atomic E-state index is 12.1. The molecule has 210 valence electrons. The first-order valence-corrected chi connectivity index (χ1v) is 10.4. The highest BCUT2D eigenvalue weighted by Gasteiger charge is 2.11. The largest absolute Gasteiger partial charge is 0.504 e. The minimum Gasteiger partial charge on any atom is -0.504 e. The van der Waals surface area contributed by atoms with E-state index in [0.29, 0.717) is 5.75 Å². The molecule has 0 aromatic heterocycles. The third-order valence-electron chi connectivity index (χ3n) is 3.47. The molecule has 0 bridgehead atoms. The molecule has 25 heteroatoms. The summed E-state index contributed by atoms with van der Waals surface area (Å²) in [5, 5.41) is 71.5. The van der Waals surface area contributed by atoms with Crippen LogP contribution < -0.4 is 9.57 Å².